The van der Waals surface area contributed by atoms with E-state index in [-0.39, 0.29) is 13.1 Å². The molecule has 0 saturated carbocycles. The van der Waals surface area contributed by atoms with E-state index in [1.165, 1.54) is 43.4 Å². The number of halogens is 4. The highest BCUT2D eigenvalue weighted by Gasteiger charge is 2.32. The first-order chi connectivity index (χ1) is 12.7. The molecule has 0 aliphatic heterocycles. The molecular formula is C19H22F4N2O2. The molecule has 1 unspecified atom stereocenters. The quantitative estimate of drug-likeness (QED) is 0.699. The summed E-state index contributed by atoms with van der Waals surface area (Å²) in [4.78, 5) is 1.19. The van der Waals surface area contributed by atoms with E-state index in [1.807, 2.05) is 0 Å². The molecule has 0 fully saturated rings. The van der Waals surface area contributed by atoms with Crippen LogP contribution in [0.15, 0.2) is 42.5 Å². The monoisotopic (exact) mass is 386 g/mol. The van der Waals surface area contributed by atoms with Gasteiger partial charge in [0.05, 0.1) is 20.8 Å². The Morgan fingerprint density at radius 3 is 2.26 bits per heavy atom. The van der Waals surface area contributed by atoms with Crippen LogP contribution >= 0.6 is 0 Å². The molecule has 0 amide bonds. The Morgan fingerprint density at radius 2 is 1.70 bits per heavy atom. The van der Waals surface area contributed by atoms with Crippen molar-refractivity contribution in [3.05, 3.63) is 59.4 Å². The number of hydrogen-bond donors (Lipinski definition) is 1. The molecule has 0 spiro atoms. The summed E-state index contributed by atoms with van der Waals surface area (Å²) in [6, 6.07) is 9.64. The highest BCUT2D eigenvalue weighted by Crippen LogP contribution is 2.28. The van der Waals surface area contributed by atoms with Crippen LogP contribution in [0.1, 0.15) is 17.2 Å². The topological polar surface area (TPSA) is 47.7 Å². The maximum Gasteiger partial charge on any atom is 0.401 e. The van der Waals surface area contributed by atoms with Gasteiger partial charge in [0, 0.05) is 30.8 Å². The van der Waals surface area contributed by atoms with Crippen LogP contribution in [0, 0.1) is 5.82 Å². The lowest BCUT2D eigenvalue weighted by atomic mass is 10.1. The van der Waals surface area contributed by atoms with E-state index in [0.29, 0.717) is 22.6 Å². The fraction of sp³-hybridized carbons (Fsp3) is 0.368. The van der Waals surface area contributed by atoms with Gasteiger partial charge >= 0.3 is 6.18 Å². The molecule has 2 aromatic carbocycles. The SMILES string of the molecule is COc1ccc(CN(CC(N)c2ccc(F)cc2)CC(F)(F)F)c(OC)c1. The number of nitrogens with two attached hydrogens (primary N) is 1. The number of nitrogens with zero attached hydrogens (tertiary/aromatic N) is 1. The molecule has 0 heterocycles. The fourth-order valence-electron chi connectivity index (χ4n) is 2.76. The van der Waals surface area contributed by atoms with Gasteiger partial charge in [-0.05, 0) is 23.8 Å². The Bertz CT molecular complexity index is 735. The first-order valence-corrected chi connectivity index (χ1v) is 8.23. The van der Waals surface area contributed by atoms with Crippen LogP contribution in [0.25, 0.3) is 0 Å². The number of rotatable bonds is 8. The second-order valence-electron chi connectivity index (χ2n) is 6.12. The van der Waals surface area contributed by atoms with Crippen molar-refractivity contribution >= 4 is 0 Å². The van der Waals surface area contributed by atoms with E-state index in [2.05, 4.69) is 0 Å². The lowest BCUT2D eigenvalue weighted by molar-refractivity contribution is -0.147. The van der Waals surface area contributed by atoms with Crippen molar-refractivity contribution < 1.29 is 27.0 Å². The number of methoxy groups -OCH3 is 2. The van der Waals surface area contributed by atoms with Crippen molar-refractivity contribution in [3.63, 3.8) is 0 Å². The van der Waals surface area contributed by atoms with E-state index in [1.54, 1.807) is 18.2 Å². The van der Waals surface area contributed by atoms with E-state index in [4.69, 9.17) is 15.2 Å². The van der Waals surface area contributed by atoms with E-state index in [0.717, 1.165) is 0 Å². The summed E-state index contributed by atoms with van der Waals surface area (Å²) in [5, 5.41) is 0. The highest BCUT2D eigenvalue weighted by atomic mass is 19.4. The van der Waals surface area contributed by atoms with E-state index >= 15 is 0 Å². The average Bonchev–Trinajstić information content (AvgIpc) is 2.61. The Morgan fingerprint density at radius 1 is 1.04 bits per heavy atom. The Hall–Kier alpha value is -2.32. The molecule has 0 bridgehead atoms. The van der Waals surface area contributed by atoms with Crippen LogP contribution in [-0.4, -0.2) is 38.4 Å². The van der Waals surface area contributed by atoms with Gasteiger partial charge in [0.1, 0.15) is 17.3 Å². The number of benzene rings is 2. The van der Waals surface area contributed by atoms with Gasteiger partial charge in [-0.15, -0.1) is 0 Å². The van der Waals surface area contributed by atoms with Gasteiger partial charge in [-0.25, -0.2) is 4.39 Å². The van der Waals surface area contributed by atoms with Crippen LogP contribution < -0.4 is 15.2 Å². The maximum atomic E-state index is 13.0. The fourth-order valence-corrected chi connectivity index (χ4v) is 2.76. The number of ether oxygens (including phenoxy) is 2. The molecule has 2 rings (SSSR count). The van der Waals surface area contributed by atoms with Gasteiger partial charge in [-0.1, -0.05) is 18.2 Å². The number of hydrogen-bond acceptors (Lipinski definition) is 4. The van der Waals surface area contributed by atoms with E-state index in [9.17, 15) is 17.6 Å². The Balaban J connectivity index is 2.20. The number of alkyl halides is 3. The molecular weight excluding hydrogens is 364 g/mol. The van der Waals surface area contributed by atoms with Crippen molar-refractivity contribution in [1.82, 2.24) is 4.90 Å². The predicted octanol–water partition coefficient (Wildman–Crippen LogP) is 3.91. The zero-order valence-corrected chi connectivity index (χ0v) is 15.1. The lowest BCUT2D eigenvalue weighted by Gasteiger charge is -2.27. The first-order valence-electron chi connectivity index (χ1n) is 8.23. The van der Waals surface area contributed by atoms with Crippen molar-refractivity contribution in [3.8, 4) is 11.5 Å². The summed E-state index contributed by atoms with van der Waals surface area (Å²) in [5.41, 5.74) is 7.19. The van der Waals surface area contributed by atoms with Crippen molar-refractivity contribution in [2.75, 3.05) is 27.3 Å². The van der Waals surface area contributed by atoms with Gasteiger partial charge in [-0.3, -0.25) is 4.90 Å². The molecule has 0 aliphatic rings. The zero-order valence-electron chi connectivity index (χ0n) is 15.1. The molecule has 2 N–H and O–H groups in total. The Labute approximate surface area is 155 Å². The average molecular weight is 386 g/mol. The molecule has 8 heteroatoms. The summed E-state index contributed by atoms with van der Waals surface area (Å²) in [6.07, 6.45) is -4.39. The third-order valence-electron chi connectivity index (χ3n) is 4.04. The summed E-state index contributed by atoms with van der Waals surface area (Å²) in [5.74, 6) is 0.541. The minimum atomic E-state index is -4.39. The minimum absolute atomic E-state index is 0.0123. The summed E-state index contributed by atoms with van der Waals surface area (Å²) in [7, 11) is 2.93. The summed E-state index contributed by atoms with van der Waals surface area (Å²) < 4.78 is 62.5. The summed E-state index contributed by atoms with van der Waals surface area (Å²) >= 11 is 0. The highest BCUT2D eigenvalue weighted by molar-refractivity contribution is 5.40. The molecule has 0 radical (unpaired) electrons. The van der Waals surface area contributed by atoms with Crippen LogP contribution in [-0.2, 0) is 6.54 Å². The van der Waals surface area contributed by atoms with Crippen LogP contribution in [0.5, 0.6) is 11.5 Å². The van der Waals surface area contributed by atoms with Gasteiger partial charge in [0.25, 0.3) is 0 Å². The molecule has 0 aliphatic carbocycles. The molecule has 0 saturated heterocycles. The van der Waals surface area contributed by atoms with Crippen LogP contribution in [0.3, 0.4) is 0 Å². The normalized spacial score (nSPS) is 12.9. The third kappa shape index (κ3) is 6.41. The Kier molecular flexibility index (Phi) is 7.04. The first kappa shape index (κ1) is 21.0. The summed E-state index contributed by atoms with van der Waals surface area (Å²) in [6.45, 7) is -1.20. The van der Waals surface area contributed by atoms with Crippen molar-refractivity contribution in [1.29, 1.82) is 0 Å². The molecule has 2 aromatic rings. The molecule has 27 heavy (non-hydrogen) atoms. The lowest BCUT2D eigenvalue weighted by Crippen LogP contribution is -2.38. The van der Waals surface area contributed by atoms with Crippen molar-refractivity contribution in [2.24, 2.45) is 5.73 Å². The second-order valence-corrected chi connectivity index (χ2v) is 6.12. The van der Waals surface area contributed by atoms with Gasteiger partial charge < -0.3 is 15.2 Å². The van der Waals surface area contributed by atoms with Gasteiger partial charge in [0.15, 0.2) is 0 Å². The minimum Gasteiger partial charge on any atom is -0.497 e. The molecule has 148 valence electrons. The molecule has 4 nitrogen and oxygen atoms in total. The zero-order chi connectivity index (χ0) is 20.0. The van der Waals surface area contributed by atoms with Gasteiger partial charge in [0.2, 0.25) is 0 Å². The third-order valence-corrected chi connectivity index (χ3v) is 4.04. The molecule has 1 atom stereocenters. The largest absolute Gasteiger partial charge is 0.497 e. The van der Waals surface area contributed by atoms with Gasteiger partial charge in [-0.2, -0.15) is 13.2 Å². The smallest absolute Gasteiger partial charge is 0.401 e. The maximum absolute atomic E-state index is 13.0. The standard InChI is InChI=1S/C19H22F4N2O2/c1-26-16-8-5-14(18(9-16)27-2)10-25(12-19(21,22)23)11-17(24)13-3-6-15(20)7-4-13/h3-9,17H,10-12,24H2,1-2H3. The van der Waals surface area contributed by atoms with E-state index < -0.39 is 24.6 Å². The van der Waals surface area contributed by atoms with Crippen molar-refractivity contribution in [2.45, 2.75) is 18.8 Å². The predicted molar refractivity (Wildman–Crippen MR) is 94.2 cm³/mol. The molecule has 0 aromatic heterocycles. The van der Waals surface area contributed by atoms with Crippen LogP contribution in [0.4, 0.5) is 17.6 Å². The van der Waals surface area contributed by atoms with Crippen LogP contribution in [0.2, 0.25) is 0 Å². The second kappa shape index (κ2) is 9.05.